The molecule has 0 aliphatic carbocycles. The van der Waals surface area contributed by atoms with E-state index in [1.807, 2.05) is 0 Å². The minimum atomic E-state index is -0.604. The number of hydrogen-bond acceptors (Lipinski definition) is 4. The van der Waals surface area contributed by atoms with Gasteiger partial charge < -0.3 is 15.7 Å². The number of carbonyl (C=O) groups is 3. The number of hydrogen-bond donors (Lipinski definition) is 3. The molecule has 0 spiro atoms. The van der Waals surface area contributed by atoms with Gasteiger partial charge in [-0.05, 0) is 55.0 Å². The third-order valence-electron chi connectivity index (χ3n) is 3.73. The fourth-order valence-corrected chi connectivity index (χ4v) is 2.35. The summed E-state index contributed by atoms with van der Waals surface area (Å²) in [6, 6.07) is 13.0. The van der Waals surface area contributed by atoms with Crippen LogP contribution in [0.15, 0.2) is 48.5 Å². The molecule has 0 atom stereocenters. The predicted molar refractivity (Wildman–Crippen MR) is 103 cm³/mol. The maximum absolute atomic E-state index is 12.5. The van der Waals surface area contributed by atoms with Gasteiger partial charge in [0.1, 0.15) is 6.61 Å². The van der Waals surface area contributed by atoms with Crippen LogP contribution in [0, 0.1) is 12.3 Å². The molecule has 0 aliphatic heterocycles. The van der Waals surface area contributed by atoms with Crippen molar-refractivity contribution in [3.05, 3.63) is 59.7 Å². The molecule has 6 heteroatoms. The fourth-order valence-electron chi connectivity index (χ4n) is 2.35. The van der Waals surface area contributed by atoms with Crippen LogP contribution >= 0.6 is 0 Å². The van der Waals surface area contributed by atoms with Crippen molar-refractivity contribution in [2.24, 2.45) is 0 Å². The van der Waals surface area contributed by atoms with Crippen molar-refractivity contribution in [1.29, 1.82) is 0 Å². The van der Waals surface area contributed by atoms with E-state index in [9.17, 15) is 14.4 Å². The van der Waals surface area contributed by atoms with Crippen molar-refractivity contribution < 1.29 is 19.5 Å². The lowest BCUT2D eigenvalue weighted by Crippen LogP contribution is -2.15. The highest BCUT2D eigenvalue weighted by molar-refractivity contribution is 6.09. The first-order valence-corrected chi connectivity index (χ1v) is 8.42. The topological polar surface area (TPSA) is 95.5 Å². The highest BCUT2D eigenvalue weighted by atomic mass is 16.3. The number of benzene rings is 2. The second kappa shape index (κ2) is 9.90. The predicted octanol–water partition coefficient (Wildman–Crippen LogP) is 2.59. The largest absolute Gasteiger partial charge is 0.387 e. The number of aliphatic hydroxyl groups is 1. The van der Waals surface area contributed by atoms with Crippen molar-refractivity contribution >= 4 is 29.0 Å². The molecule has 0 saturated carbocycles. The normalized spacial score (nSPS) is 9.93. The first-order chi connectivity index (χ1) is 13.0. The summed E-state index contributed by atoms with van der Waals surface area (Å²) in [4.78, 5) is 35.4. The average molecular weight is 364 g/mol. The Balaban J connectivity index is 1.98. The Hall–Kier alpha value is -3.43. The van der Waals surface area contributed by atoms with Gasteiger partial charge in [0.2, 0.25) is 11.8 Å². The van der Waals surface area contributed by atoms with Crippen molar-refractivity contribution in [3.8, 4) is 12.3 Å². The summed E-state index contributed by atoms with van der Waals surface area (Å²) in [6.07, 6.45) is 6.70. The fraction of sp³-hybridized carbons (Fsp3) is 0.190. The molecule has 2 rings (SSSR count). The minimum Gasteiger partial charge on any atom is -0.387 e. The molecule has 0 unspecified atom stereocenters. The number of rotatable bonds is 8. The number of ketones is 1. The molecule has 2 aromatic rings. The average Bonchev–Trinajstić information content (AvgIpc) is 2.68. The van der Waals surface area contributed by atoms with Gasteiger partial charge >= 0.3 is 0 Å². The van der Waals surface area contributed by atoms with Gasteiger partial charge in [-0.2, -0.15) is 0 Å². The Morgan fingerprint density at radius 1 is 0.852 bits per heavy atom. The lowest BCUT2D eigenvalue weighted by Gasteiger charge is -2.07. The molecular formula is C21H20N2O4. The third kappa shape index (κ3) is 6.10. The molecule has 6 nitrogen and oxygen atoms in total. The van der Waals surface area contributed by atoms with Crippen LogP contribution in [0.3, 0.4) is 0 Å². The lowest BCUT2D eigenvalue weighted by molar-refractivity contribution is -0.119. The van der Waals surface area contributed by atoms with Crippen LogP contribution < -0.4 is 10.6 Å². The second-order valence-electron chi connectivity index (χ2n) is 5.80. The Morgan fingerprint density at radius 3 is 1.78 bits per heavy atom. The van der Waals surface area contributed by atoms with Crippen LogP contribution in [-0.4, -0.2) is 29.3 Å². The monoisotopic (exact) mass is 364 g/mol. The van der Waals surface area contributed by atoms with Crippen LogP contribution in [0.2, 0.25) is 0 Å². The summed E-state index contributed by atoms with van der Waals surface area (Å²) in [7, 11) is 0. The highest BCUT2D eigenvalue weighted by Gasteiger charge is 2.10. The Morgan fingerprint density at radius 2 is 1.33 bits per heavy atom. The first kappa shape index (κ1) is 19.9. The van der Waals surface area contributed by atoms with Crippen molar-refractivity contribution in [1.82, 2.24) is 0 Å². The zero-order chi connectivity index (χ0) is 19.6. The van der Waals surface area contributed by atoms with E-state index in [0.717, 1.165) is 0 Å². The quantitative estimate of drug-likeness (QED) is 0.381. The molecule has 0 saturated heterocycles. The summed E-state index contributed by atoms with van der Waals surface area (Å²) in [5, 5.41) is 14.0. The van der Waals surface area contributed by atoms with Gasteiger partial charge in [0, 0.05) is 35.3 Å². The molecule has 27 heavy (non-hydrogen) atoms. The molecule has 0 fully saturated rings. The minimum absolute atomic E-state index is 0.121. The Kier molecular flexibility index (Phi) is 7.29. The van der Waals surface area contributed by atoms with Gasteiger partial charge in [-0.15, -0.1) is 12.3 Å². The van der Waals surface area contributed by atoms with Gasteiger partial charge in [0.25, 0.3) is 0 Å². The van der Waals surface area contributed by atoms with Gasteiger partial charge in [-0.1, -0.05) is 0 Å². The van der Waals surface area contributed by atoms with Gasteiger partial charge in [0.15, 0.2) is 5.78 Å². The van der Waals surface area contributed by atoms with E-state index in [-0.39, 0.29) is 11.7 Å². The van der Waals surface area contributed by atoms with Crippen molar-refractivity contribution in [3.63, 3.8) is 0 Å². The SMILES string of the molecule is C#CCCCC(=O)Nc1ccc(C(=O)c2ccc(NC(=O)CO)cc2)cc1. The zero-order valence-electron chi connectivity index (χ0n) is 14.7. The van der Waals surface area contributed by atoms with Crippen LogP contribution in [0.5, 0.6) is 0 Å². The number of anilines is 2. The number of terminal acetylenes is 1. The van der Waals surface area contributed by atoms with E-state index in [0.29, 0.717) is 41.8 Å². The molecular weight excluding hydrogens is 344 g/mol. The first-order valence-electron chi connectivity index (χ1n) is 8.42. The van der Waals surface area contributed by atoms with Gasteiger partial charge in [0.05, 0.1) is 0 Å². The zero-order valence-corrected chi connectivity index (χ0v) is 14.7. The maximum Gasteiger partial charge on any atom is 0.250 e. The molecule has 2 aromatic carbocycles. The van der Waals surface area contributed by atoms with Crippen LogP contribution in [-0.2, 0) is 9.59 Å². The van der Waals surface area contributed by atoms with Crippen LogP contribution in [0.4, 0.5) is 11.4 Å². The number of unbranched alkanes of at least 4 members (excludes halogenated alkanes) is 1. The van der Waals surface area contributed by atoms with E-state index >= 15 is 0 Å². The summed E-state index contributed by atoms with van der Waals surface area (Å²) >= 11 is 0. The number of carbonyl (C=O) groups excluding carboxylic acids is 3. The molecule has 3 N–H and O–H groups in total. The summed E-state index contributed by atoms with van der Waals surface area (Å²) in [5.74, 6) is 1.67. The van der Waals surface area contributed by atoms with E-state index in [1.54, 1.807) is 48.5 Å². The molecule has 138 valence electrons. The number of amides is 2. The second-order valence-corrected chi connectivity index (χ2v) is 5.80. The smallest absolute Gasteiger partial charge is 0.250 e. The Labute approximate surface area is 157 Å². The van der Waals surface area contributed by atoms with E-state index in [1.165, 1.54) is 0 Å². The molecule has 0 aromatic heterocycles. The maximum atomic E-state index is 12.5. The number of aliphatic hydroxyl groups excluding tert-OH is 1. The van der Waals surface area contributed by atoms with E-state index in [2.05, 4.69) is 16.6 Å². The van der Waals surface area contributed by atoms with Crippen LogP contribution in [0.1, 0.15) is 35.2 Å². The molecule has 0 aliphatic rings. The summed E-state index contributed by atoms with van der Waals surface area (Å²) in [5.41, 5.74) is 2.04. The Bertz CT molecular complexity index is 849. The molecule has 0 heterocycles. The standard InChI is InChI=1S/C21H20N2O4/c1-2-3-4-5-19(25)22-17-10-6-15(7-11-17)21(27)16-8-12-18(13-9-16)23-20(26)14-24/h1,6-13,24H,3-5,14H2,(H,22,25)(H,23,26). The van der Waals surface area contributed by atoms with Crippen molar-refractivity contribution in [2.75, 3.05) is 17.2 Å². The van der Waals surface area contributed by atoms with E-state index < -0.39 is 12.5 Å². The summed E-state index contributed by atoms with van der Waals surface area (Å²) < 4.78 is 0. The van der Waals surface area contributed by atoms with Crippen molar-refractivity contribution in [2.45, 2.75) is 19.3 Å². The molecule has 0 bridgehead atoms. The molecule has 2 amide bonds. The van der Waals surface area contributed by atoms with E-state index in [4.69, 9.17) is 11.5 Å². The third-order valence-corrected chi connectivity index (χ3v) is 3.73. The highest BCUT2D eigenvalue weighted by Crippen LogP contribution is 2.16. The molecule has 0 radical (unpaired) electrons. The van der Waals surface area contributed by atoms with Crippen LogP contribution in [0.25, 0.3) is 0 Å². The summed E-state index contributed by atoms with van der Waals surface area (Å²) in [6.45, 7) is -0.604. The lowest BCUT2D eigenvalue weighted by atomic mass is 10.0. The van der Waals surface area contributed by atoms with Gasteiger partial charge in [-0.3, -0.25) is 14.4 Å². The number of nitrogens with one attached hydrogen (secondary N) is 2. The van der Waals surface area contributed by atoms with Gasteiger partial charge in [-0.25, -0.2) is 0 Å².